The summed E-state index contributed by atoms with van der Waals surface area (Å²) < 4.78 is 26.6. The Labute approximate surface area is 107 Å². The van der Waals surface area contributed by atoms with Gasteiger partial charge in [0.15, 0.2) is 0 Å². The minimum Gasteiger partial charge on any atom is -0.349 e. The zero-order valence-electron chi connectivity index (χ0n) is 9.99. The third-order valence-corrected chi connectivity index (χ3v) is 3.17. The third-order valence-electron chi connectivity index (χ3n) is 3.17. The van der Waals surface area contributed by atoms with Gasteiger partial charge in [-0.25, -0.2) is 4.39 Å². The highest BCUT2D eigenvalue weighted by Crippen LogP contribution is 2.23. The number of amides is 1. The van der Waals surface area contributed by atoms with Crippen molar-refractivity contribution in [1.82, 2.24) is 5.32 Å². The van der Waals surface area contributed by atoms with Crippen LogP contribution in [0.5, 0.6) is 0 Å². The van der Waals surface area contributed by atoms with Crippen LogP contribution in [-0.4, -0.2) is 16.9 Å². The van der Waals surface area contributed by atoms with Gasteiger partial charge in [-0.2, -0.15) is 4.39 Å². The quantitative estimate of drug-likeness (QED) is 0.677. The van der Waals surface area contributed by atoms with Crippen molar-refractivity contribution in [2.45, 2.75) is 31.7 Å². The Kier molecular flexibility index (Phi) is 3.73. The van der Waals surface area contributed by atoms with Crippen LogP contribution in [0.1, 0.15) is 36.0 Å². The molecule has 7 heteroatoms. The lowest BCUT2D eigenvalue weighted by Gasteiger charge is -2.12. The lowest BCUT2D eigenvalue weighted by Crippen LogP contribution is -2.33. The Balaban J connectivity index is 2.25. The molecule has 0 aromatic heterocycles. The Morgan fingerprint density at radius 2 is 1.89 bits per heavy atom. The number of nitro groups is 1. The number of hydrogen-bond acceptors (Lipinski definition) is 3. The average Bonchev–Trinajstić information content (AvgIpc) is 2.81. The van der Waals surface area contributed by atoms with Crippen molar-refractivity contribution in [3.05, 3.63) is 39.4 Å². The molecule has 0 spiro atoms. The summed E-state index contributed by atoms with van der Waals surface area (Å²) >= 11 is 0. The van der Waals surface area contributed by atoms with Gasteiger partial charge in [0.1, 0.15) is 5.82 Å². The summed E-state index contributed by atoms with van der Waals surface area (Å²) in [5, 5.41) is 13.2. The summed E-state index contributed by atoms with van der Waals surface area (Å²) in [6.07, 6.45) is 3.57. The van der Waals surface area contributed by atoms with Crippen molar-refractivity contribution in [1.29, 1.82) is 0 Å². The summed E-state index contributed by atoms with van der Waals surface area (Å²) in [7, 11) is 0. The molecule has 1 aliphatic carbocycles. The van der Waals surface area contributed by atoms with Crippen molar-refractivity contribution in [3.63, 3.8) is 0 Å². The first-order valence-corrected chi connectivity index (χ1v) is 5.93. The molecular formula is C12H12F2N2O3. The van der Waals surface area contributed by atoms with Gasteiger partial charge in [0.2, 0.25) is 5.82 Å². The highest BCUT2D eigenvalue weighted by molar-refractivity contribution is 5.95. The van der Waals surface area contributed by atoms with Gasteiger partial charge in [-0.3, -0.25) is 14.9 Å². The van der Waals surface area contributed by atoms with Gasteiger partial charge in [-0.15, -0.1) is 0 Å². The standard InChI is InChI=1S/C12H12F2N2O3/c13-9-6-10(14)11(16(18)19)5-8(9)12(17)15-7-3-1-2-4-7/h5-7H,1-4H2,(H,15,17). The molecule has 1 aliphatic rings. The van der Waals surface area contributed by atoms with Crippen LogP contribution in [-0.2, 0) is 0 Å². The lowest BCUT2D eigenvalue weighted by atomic mass is 10.1. The van der Waals surface area contributed by atoms with E-state index in [0.717, 1.165) is 25.7 Å². The highest BCUT2D eigenvalue weighted by Gasteiger charge is 2.24. The number of halogens is 2. The molecule has 2 rings (SSSR count). The number of hydrogen-bond donors (Lipinski definition) is 1. The molecule has 1 aromatic rings. The summed E-state index contributed by atoms with van der Waals surface area (Å²) in [4.78, 5) is 21.4. The fourth-order valence-corrected chi connectivity index (χ4v) is 2.18. The van der Waals surface area contributed by atoms with Gasteiger partial charge in [0.05, 0.1) is 10.5 Å². The predicted octanol–water partition coefficient (Wildman–Crippen LogP) is 2.55. The molecule has 1 saturated carbocycles. The smallest absolute Gasteiger partial charge is 0.305 e. The molecule has 0 bridgehead atoms. The first kappa shape index (κ1) is 13.4. The maximum absolute atomic E-state index is 13.5. The van der Waals surface area contributed by atoms with Crippen LogP contribution in [0, 0.1) is 21.7 Å². The van der Waals surface area contributed by atoms with Crippen LogP contribution < -0.4 is 5.32 Å². The van der Waals surface area contributed by atoms with Crippen LogP contribution in [0.15, 0.2) is 12.1 Å². The van der Waals surface area contributed by atoms with E-state index in [-0.39, 0.29) is 6.04 Å². The molecule has 1 fully saturated rings. The Morgan fingerprint density at radius 3 is 2.47 bits per heavy atom. The number of benzene rings is 1. The fourth-order valence-electron chi connectivity index (χ4n) is 2.18. The summed E-state index contributed by atoms with van der Waals surface area (Å²) in [6.45, 7) is 0. The van der Waals surface area contributed by atoms with Crippen molar-refractivity contribution in [3.8, 4) is 0 Å². The average molecular weight is 270 g/mol. The van der Waals surface area contributed by atoms with E-state index in [2.05, 4.69) is 5.32 Å². The van der Waals surface area contributed by atoms with Crippen LogP contribution in [0.25, 0.3) is 0 Å². The Hall–Kier alpha value is -2.05. The second-order valence-electron chi connectivity index (χ2n) is 4.50. The van der Waals surface area contributed by atoms with E-state index in [9.17, 15) is 23.7 Å². The molecule has 1 N–H and O–H groups in total. The summed E-state index contributed by atoms with van der Waals surface area (Å²) in [6, 6.07) is 0.951. The molecule has 0 atom stereocenters. The minimum atomic E-state index is -1.29. The molecule has 102 valence electrons. The van der Waals surface area contributed by atoms with E-state index in [1.165, 1.54) is 0 Å². The highest BCUT2D eigenvalue weighted by atomic mass is 19.1. The number of nitro benzene ring substituents is 1. The van der Waals surface area contributed by atoms with Crippen LogP contribution in [0.4, 0.5) is 14.5 Å². The van der Waals surface area contributed by atoms with Crippen molar-refractivity contribution < 1.29 is 18.5 Å². The van der Waals surface area contributed by atoms with Crippen molar-refractivity contribution in [2.24, 2.45) is 0 Å². The summed E-state index contributed by atoms with van der Waals surface area (Å²) in [5.41, 5.74) is -1.40. The van der Waals surface area contributed by atoms with Gasteiger partial charge < -0.3 is 5.32 Å². The van der Waals surface area contributed by atoms with Crippen molar-refractivity contribution >= 4 is 11.6 Å². The van der Waals surface area contributed by atoms with Crippen LogP contribution in [0.2, 0.25) is 0 Å². The molecule has 0 saturated heterocycles. The molecule has 0 unspecified atom stereocenters. The second-order valence-corrected chi connectivity index (χ2v) is 4.50. The fraction of sp³-hybridized carbons (Fsp3) is 0.417. The molecule has 5 nitrogen and oxygen atoms in total. The van der Waals surface area contributed by atoms with E-state index in [4.69, 9.17) is 0 Å². The molecule has 0 aliphatic heterocycles. The molecule has 1 aromatic carbocycles. The Bertz CT molecular complexity index is 528. The number of rotatable bonds is 3. The van der Waals surface area contributed by atoms with Crippen LogP contribution in [0.3, 0.4) is 0 Å². The maximum Gasteiger partial charge on any atom is 0.305 e. The minimum absolute atomic E-state index is 0.0454. The predicted molar refractivity (Wildman–Crippen MR) is 62.7 cm³/mol. The van der Waals surface area contributed by atoms with Gasteiger partial charge >= 0.3 is 5.69 Å². The molecule has 0 heterocycles. The zero-order chi connectivity index (χ0) is 14.0. The van der Waals surface area contributed by atoms with E-state index in [0.29, 0.717) is 12.1 Å². The second kappa shape index (κ2) is 5.29. The van der Waals surface area contributed by atoms with Gasteiger partial charge in [-0.05, 0) is 12.8 Å². The van der Waals surface area contributed by atoms with E-state index in [1.54, 1.807) is 0 Å². The topological polar surface area (TPSA) is 72.2 Å². The van der Waals surface area contributed by atoms with Crippen molar-refractivity contribution in [2.75, 3.05) is 0 Å². The van der Waals surface area contributed by atoms with E-state index >= 15 is 0 Å². The maximum atomic E-state index is 13.5. The SMILES string of the molecule is O=C(NC1CCCC1)c1cc([N+](=O)[O-])c(F)cc1F. The summed E-state index contributed by atoms with van der Waals surface area (Å²) in [5.74, 6) is -3.13. The normalized spacial score (nSPS) is 15.5. The number of carbonyl (C=O) groups is 1. The first-order chi connectivity index (χ1) is 8.99. The number of carbonyl (C=O) groups excluding carboxylic acids is 1. The molecular weight excluding hydrogens is 258 g/mol. The van der Waals surface area contributed by atoms with Gasteiger partial charge in [0, 0.05) is 18.2 Å². The number of nitrogens with zero attached hydrogens (tertiary/aromatic N) is 1. The molecule has 19 heavy (non-hydrogen) atoms. The third kappa shape index (κ3) is 2.86. The Morgan fingerprint density at radius 1 is 1.26 bits per heavy atom. The van der Waals surface area contributed by atoms with Gasteiger partial charge in [0.25, 0.3) is 5.91 Å². The zero-order valence-corrected chi connectivity index (χ0v) is 9.99. The van der Waals surface area contributed by atoms with Crippen LogP contribution >= 0.6 is 0 Å². The monoisotopic (exact) mass is 270 g/mol. The lowest BCUT2D eigenvalue weighted by molar-refractivity contribution is -0.387. The largest absolute Gasteiger partial charge is 0.349 e. The van der Waals surface area contributed by atoms with E-state index in [1.807, 2.05) is 0 Å². The van der Waals surface area contributed by atoms with Gasteiger partial charge in [-0.1, -0.05) is 12.8 Å². The van der Waals surface area contributed by atoms with E-state index < -0.39 is 33.7 Å². The molecule has 0 radical (unpaired) electrons. The first-order valence-electron chi connectivity index (χ1n) is 5.93. The number of nitrogens with one attached hydrogen (secondary N) is 1. The molecule has 1 amide bonds.